The molecule has 2 aromatic rings. The average molecular weight is 287 g/mol. The highest BCUT2D eigenvalue weighted by atomic mass is 16.5. The lowest BCUT2D eigenvalue weighted by atomic mass is 10.1. The first kappa shape index (κ1) is 15.2. The Labute approximate surface area is 125 Å². The van der Waals surface area contributed by atoms with Gasteiger partial charge in [-0.15, -0.1) is 0 Å². The van der Waals surface area contributed by atoms with Crippen LogP contribution in [0.25, 0.3) is 0 Å². The normalized spacial score (nSPS) is 11.8. The van der Waals surface area contributed by atoms with Gasteiger partial charge in [0.2, 0.25) is 0 Å². The predicted molar refractivity (Wildman–Crippen MR) is 84.1 cm³/mol. The Kier molecular flexibility index (Phi) is 5.46. The Hall–Kier alpha value is -2.20. The fraction of sp³-hybridized carbons (Fsp3) is 0.294. The molecule has 0 saturated heterocycles. The first-order valence-electron chi connectivity index (χ1n) is 6.93. The monoisotopic (exact) mass is 287 g/mol. The van der Waals surface area contributed by atoms with E-state index in [9.17, 15) is 5.11 Å². The minimum absolute atomic E-state index is 0.477. The van der Waals surface area contributed by atoms with Crippen LogP contribution in [0, 0.1) is 0 Å². The van der Waals surface area contributed by atoms with Gasteiger partial charge in [-0.1, -0.05) is 30.3 Å². The van der Waals surface area contributed by atoms with Crippen LogP contribution in [-0.2, 0) is 0 Å². The van der Waals surface area contributed by atoms with Gasteiger partial charge in [-0.3, -0.25) is 0 Å². The minimum Gasteiger partial charge on any atom is -0.497 e. The largest absolute Gasteiger partial charge is 0.497 e. The number of aliphatic hydroxyl groups excluding tert-OH is 1. The van der Waals surface area contributed by atoms with Gasteiger partial charge in [-0.25, -0.2) is 0 Å². The molecule has 0 spiro atoms. The van der Waals surface area contributed by atoms with Crippen molar-refractivity contribution in [2.75, 3.05) is 26.1 Å². The van der Waals surface area contributed by atoms with Crippen molar-refractivity contribution in [3.05, 3.63) is 54.1 Å². The number of hydrogen-bond acceptors (Lipinski definition) is 4. The number of hydrogen-bond donors (Lipinski definition) is 2. The zero-order valence-corrected chi connectivity index (χ0v) is 12.4. The van der Waals surface area contributed by atoms with Gasteiger partial charge in [0.05, 0.1) is 26.0 Å². The zero-order valence-electron chi connectivity index (χ0n) is 12.4. The van der Waals surface area contributed by atoms with Crippen LogP contribution in [-0.4, -0.2) is 25.9 Å². The lowest BCUT2D eigenvalue weighted by molar-refractivity contribution is 0.171. The molecule has 0 saturated carbocycles. The van der Waals surface area contributed by atoms with E-state index in [4.69, 9.17) is 9.47 Å². The van der Waals surface area contributed by atoms with E-state index < -0.39 is 6.10 Å². The second kappa shape index (κ2) is 7.55. The van der Waals surface area contributed by atoms with Crippen LogP contribution in [0.4, 0.5) is 5.69 Å². The van der Waals surface area contributed by atoms with Crippen LogP contribution in [0.2, 0.25) is 0 Å². The van der Waals surface area contributed by atoms with E-state index >= 15 is 0 Å². The summed E-state index contributed by atoms with van der Waals surface area (Å²) in [4.78, 5) is 0. The molecular formula is C17H21NO3. The molecule has 0 radical (unpaired) electrons. The van der Waals surface area contributed by atoms with E-state index in [-0.39, 0.29) is 0 Å². The number of rotatable bonds is 7. The number of methoxy groups -OCH3 is 2. The Morgan fingerprint density at radius 2 is 1.81 bits per heavy atom. The average Bonchev–Trinajstić information content (AvgIpc) is 2.55. The van der Waals surface area contributed by atoms with Crippen molar-refractivity contribution >= 4 is 5.69 Å². The lowest BCUT2D eigenvalue weighted by Gasteiger charge is -2.15. The van der Waals surface area contributed by atoms with Crippen LogP contribution in [0.3, 0.4) is 0 Å². The number of ether oxygens (including phenoxy) is 2. The molecule has 1 atom stereocenters. The predicted octanol–water partition coefficient (Wildman–Crippen LogP) is 3.24. The molecule has 0 fully saturated rings. The highest BCUT2D eigenvalue weighted by molar-refractivity contribution is 5.59. The van der Waals surface area contributed by atoms with E-state index in [0.717, 1.165) is 22.7 Å². The minimum atomic E-state index is -0.477. The maximum absolute atomic E-state index is 10.1. The van der Waals surface area contributed by atoms with Crippen molar-refractivity contribution in [1.82, 2.24) is 0 Å². The summed E-state index contributed by atoms with van der Waals surface area (Å²) in [5.41, 5.74) is 1.79. The van der Waals surface area contributed by atoms with Gasteiger partial charge in [-0.05, 0) is 24.1 Å². The highest BCUT2D eigenvalue weighted by Gasteiger charge is 2.08. The smallest absolute Gasteiger partial charge is 0.142 e. The Bertz CT molecular complexity index is 557. The molecule has 112 valence electrons. The van der Waals surface area contributed by atoms with Crippen molar-refractivity contribution in [3.8, 4) is 11.5 Å². The molecule has 0 aliphatic rings. The molecule has 4 nitrogen and oxygen atoms in total. The molecular weight excluding hydrogens is 266 g/mol. The molecule has 4 heteroatoms. The van der Waals surface area contributed by atoms with Crippen molar-refractivity contribution in [1.29, 1.82) is 0 Å². The second-order valence-corrected chi connectivity index (χ2v) is 4.71. The van der Waals surface area contributed by atoms with Crippen LogP contribution in [0.1, 0.15) is 18.1 Å². The standard InChI is InChI=1S/C17H21NO3/c1-20-14-8-9-17(21-2)15(12-14)18-11-10-16(19)13-6-4-3-5-7-13/h3-9,12,16,18-19H,10-11H2,1-2H3. The van der Waals surface area contributed by atoms with Gasteiger partial charge < -0.3 is 19.9 Å². The summed E-state index contributed by atoms with van der Waals surface area (Å²) in [5.74, 6) is 1.52. The molecule has 2 N–H and O–H groups in total. The molecule has 0 amide bonds. The molecule has 0 bridgehead atoms. The maximum atomic E-state index is 10.1. The summed E-state index contributed by atoms with van der Waals surface area (Å²) in [7, 11) is 3.26. The van der Waals surface area contributed by atoms with E-state index in [2.05, 4.69) is 5.32 Å². The Morgan fingerprint density at radius 3 is 2.48 bits per heavy atom. The molecule has 0 aliphatic heterocycles. The van der Waals surface area contributed by atoms with Crippen LogP contribution in [0.5, 0.6) is 11.5 Å². The Morgan fingerprint density at radius 1 is 1.05 bits per heavy atom. The van der Waals surface area contributed by atoms with Gasteiger partial charge in [0.1, 0.15) is 11.5 Å². The summed E-state index contributed by atoms with van der Waals surface area (Å²) >= 11 is 0. The number of aliphatic hydroxyl groups is 1. The van der Waals surface area contributed by atoms with Crippen molar-refractivity contribution in [2.45, 2.75) is 12.5 Å². The molecule has 1 unspecified atom stereocenters. The first-order valence-corrected chi connectivity index (χ1v) is 6.93. The third kappa shape index (κ3) is 4.13. The van der Waals surface area contributed by atoms with E-state index in [1.54, 1.807) is 14.2 Å². The first-order chi connectivity index (χ1) is 10.2. The highest BCUT2D eigenvalue weighted by Crippen LogP contribution is 2.29. The summed E-state index contributed by atoms with van der Waals surface area (Å²) in [5, 5.41) is 13.4. The van der Waals surface area contributed by atoms with Crippen LogP contribution < -0.4 is 14.8 Å². The fourth-order valence-electron chi connectivity index (χ4n) is 2.14. The summed E-state index contributed by atoms with van der Waals surface area (Å²) in [6.45, 7) is 0.638. The molecule has 0 heterocycles. The van der Waals surface area contributed by atoms with Crippen molar-refractivity contribution < 1.29 is 14.6 Å². The van der Waals surface area contributed by atoms with Crippen molar-refractivity contribution in [3.63, 3.8) is 0 Å². The van der Waals surface area contributed by atoms with Gasteiger partial charge in [0, 0.05) is 12.6 Å². The van der Waals surface area contributed by atoms with Gasteiger partial charge in [0.15, 0.2) is 0 Å². The zero-order chi connectivity index (χ0) is 15.1. The molecule has 2 rings (SSSR count). The number of nitrogens with one attached hydrogen (secondary N) is 1. The second-order valence-electron chi connectivity index (χ2n) is 4.71. The SMILES string of the molecule is COc1ccc(OC)c(NCCC(O)c2ccccc2)c1. The lowest BCUT2D eigenvalue weighted by Crippen LogP contribution is -2.08. The van der Waals surface area contributed by atoms with E-state index in [1.807, 2.05) is 48.5 Å². The molecule has 0 aromatic heterocycles. The quantitative estimate of drug-likeness (QED) is 0.821. The maximum Gasteiger partial charge on any atom is 0.142 e. The molecule has 21 heavy (non-hydrogen) atoms. The van der Waals surface area contributed by atoms with E-state index in [0.29, 0.717) is 13.0 Å². The van der Waals surface area contributed by atoms with Gasteiger partial charge in [-0.2, -0.15) is 0 Å². The third-order valence-electron chi connectivity index (χ3n) is 3.32. The Balaban J connectivity index is 1.94. The van der Waals surface area contributed by atoms with E-state index in [1.165, 1.54) is 0 Å². The summed E-state index contributed by atoms with van der Waals surface area (Å²) in [6, 6.07) is 15.2. The van der Waals surface area contributed by atoms with Crippen LogP contribution >= 0.6 is 0 Å². The fourth-order valence-corrected chi connectivity index (χ4v) is 2.14. The topological polar surface area (TPSA) is 50.7 Å². The van der Waals surface area contributed by atoms with Crippen molar-refractivity contribution in [2.24, 2.45) is 0 Å². The van der Waals surface area contributed by atoms with Gasteiger partial charge >= 0.3 is 0 Å². The summed E-state index contributed by atoms with van der Waals surface area (Å²) in [6.07, 6.45) is 0.139. The summed E-state index contributed by atoms with van der Waals surface area (Å²) < 4.78 is 10.5. The van der Waals surface area contributed by atoms with Crippen LogP contribution in [0.15, 0.2) is 48.5 Å². The molecule has 2 aromatic carbocycles. The number of anilines is 1. The molecule has 0 aliphatic carbocycles. The third-order valence-corrected chi connectivity index (χ3v) is 3.32. The number of benzene rings is 2. The van der Waals surface area contributed by atoms with Gasteiger partial charge in [0.25, 0.3) is 0 Å².